The van der Waals surface area contributed by atoms with E-state index in [-0.39, 0.29) is 100 Å². The number of ether oxygens (including phenoxy) is 18. The van der Waals surface area contributed by atoms with Crippen molar-refractivity contribution in [1.29, 1.82) is 0 Å². The van der Waals surface area contributed by atoms with Crippen molar-refractivity contribution in [3.05, 3.63) is 87.1 Å². The van der Waals surface area contributed by atoms with Crippen LogP contribution in [-0.2, 0) is 172 Å². The van der Waals surface area contributed by atoms with E-state index < -0.39 is 166 Å². The van der Waals surface area contributed by atoms with Gasteiger partial charge in [0.15, 0.2) is 26.4 Å². The third-order valence-corrected chi connectivity index (χ3v) is 27.1. The largest absolute Gasteiger partial charge is 0.458 e. The number of hydrogen-bond donors (Lipinski definition) is 0. The molecule has 0 aromatic carbocycles. The first-order chi connectivity index (χ1) is 59.4. The van der Waals surface area contributed by atoms with Crippen LogP contribution in [0.1, 0.15) is 232 Å². The molecule has 0 amide bonds. The van der Waals surface area contributed by atoms with E-state index in [4.69, 9.17) is 75.8 Å². The van der Waals surface area contributed by atoms with Crippen molar-refractivity contribution in [3.63, 3.8) is 0 Å². The van der Waals surface area contributed by atoms with Crippen LogP contribution in [0.15, 0.2) is 87.1 Å². The normalized spacial score (nSPS) is 35.7. The monoisotopic (exact) mass is 1800 g/mol. The predicted octanol–water partition coefficient (Wildman–Crippen LogP) is 9.30. The smallest absolute Gasteiger partial charge is 0.344 e. The van der Waals surface area contributed by atoms with Crippen LogP contribution in [-0.4, -0.2) is 214 Å². The summed E-state index contributed by atoms with van der Waals surface area (Å²) in [7, 11) is 0. The minimum Gasteiger partial charge on any atom is -0.458 e. The molecule has 7 saturated carbocycles. The summed E-state index contributed by atoms with van der Waals surface area (Å²) < 4.78 is 93.7. The van der Waals surface area contributed by atoms with Gasteiger partial charge in [-0.05, 0) is 187 Å². The highest BCUT2D eigenvalue weighted by Crippen LogP contribution is 2.55. The van der Waals surface area contributed by atoms with Crippen LogP contribution in [0.2, 0.25) is 0 Å². The van der Waals surface area contributed by atoms with Gasteiger partial charge < -0.3 is 85.3 Å². The first-order valence-corrected chi connectivity index (χ1v) is 42.7. The Morgan fingerprint density at radius 3 is 0.938 bits per heavy atom. The second-order valence-corrected chi connectivity index (χ2v) is 37.1. The number of fused-ring (bicyclic) bond motifs is 14. The van der Waals surface area contributed by atoms with E-state index in [9.17, 15) is 86.3 Å². The fraction of sp³-hybridized carbons (Fsp3) is 0.652. The molecule has 7 aliphatic carbocycles. The van der Waals surface area contributed by atoms with Crippen molar-refractivity contribution in [1.82, 2.24) is 0 Å². The molecular formula is C92H120O36. The second-order valence-electron chi connectivity index (χ2n) is 37.1. The Balaban J connectivity index is 0.000000185. The standard InChI is InChI=1S/C15H20O6.2C14H18O6.C13H16O6.C13H18O4.C12H16O4.C11H14O4/c1-9(2)12(17)19-8-11(16)20-14(3)6-5-10-7-15(14,4)21-13(10)18;1-8(2)12(16)18-7-11(15)20-14(3)5-4-9-6-10(14)19-13(9)17;1-4-10(15)18-8-11(16)19-13(2)6-5-9-7-14(13,3)20-12(9)17;1-3-10(14)17-7-11(15)19-13(2)5-4-8-6-9(13)18-12(8)16;1-8(2)10(14)16-12(3)6-5-9-7-13(12,4)17-11(9)15;1-4-9(13)15-11(2)6-5-8-7-12(11,3)16-10(8)14;1-3-9(12)14-8-5-4-7-6-11(8,2)15-10(7)13/h10H,1,5-8H2,2-4H3;9-10H,1,4-7H2,2-3H3;4,9H,1,5-8H2,2-3H3;3,8-9H,1,4-7H2,2H3;9H,1,5-7H2,2-4H3;4,8H,1,5-7H2,2-3H3;3,7-8H,1,4-6H2,2H3. The Labute approximate surface area is 742 Å². The van der Waals surface area contributed by atoms with Crippen molar-refractivity contribution in [2.75, 3.05) is 26.4 Å². The van der Waals surface area contributed by atoms with Crippen molar-refractivity contribution < 1.29 is 172 Å². The average molecular weight is 1800 g/mol. The lowest BCUT2D eigenvalue weighted by Crippen LogP contribution is -2.54. The van der Waals surface area contributed by atoms with E-state index in [0.717, 1.165) is 37.1 Å². The van der Waals surface area contributed by atoms with Crippen molar-refractivity contribution in [2.45, 2.75) is 312 Å². The summed E-state index contributed by atoms with van der Waals surface area (Å²) in [5, 5.41) is 0. The van der Waals surface area contributed by atoms with Gasteiger partial charge in [-0.1, -0.05) is 46.1 Å². The Bertz CT molecular complexity index is 4510. The predicted molar refractivity (Wildman–Crippen MR) is 440 cm³/mol. The zero-order valence-corrected chi connectivity index (χ0v) is 75.4. The molecule has 36 heteroatoms. The van der Waals surface area contributed by atoms with Gasteiger partial charge in [-0.3, -0.25) is 33.6 Å². The lowest BCUT2D eigenvalue weighted by molar-refractivity contribution is -0.200. The van der Waals surface area contributed by atoms with Crippen LogP contribution >= 0.6 is 0 Å². The molecule has 0 radical (unpaired) electrons. The molecule has 704 valence electrons. The van der Waals surface area contributed by atoms with Crippen LogP contribution in [0.25, 0.3) is 0 Å². The zero-order chi connectivity index (χ0) is 95.6. The highest BCUT2D eigenvalue weighted by Gasteiger charge is 2.66. The van der Waals surface area contributed by atoms with E-state index >= 15 is 0 Å². The lowest BCUT2D eigenvalue weighted by atomic mass is 9.71. The molecular weight excluding hydrogens is 1680 g/mol. The molecule has 21 atom stereocenters. The highest BCUT2D eigenvalue weighted by molar-refractivity contribution is 5.91. The third-order valence-electron chi connectivity index (χ3n) is 27.1. The SMILES string of the molecule is C=C(C)C(=O)OC1(C)CCC2CC1(C)OC2=O.C=C(C)C(=O)OCC(=O)OC1(C)CCC2CC1(C)OC2=O.C=C(C)C(=O)OCC(=O)OC1(C)CCC2CC1OC2=O.C=CC(=O)OC1(C)CCC2CC1(C)OC2=O.C=CC(=O)OC1CCC2CC1(C)OC2=O.C=CC(=O)OCC(=O)OC1(C)CCC2CC1(C)OC2=O.C=CC(=O)OCC(=O)OC1(C)CCC2CC1OC2=O. The number of esters is 18. The molecule has 7 aliphatic heterocycles. The summed E-state index contributed by atoms with van der Waals surface area (Å²) in [6.07, 6.45) is 16.2. The van der Waals surface area contributed by atoms with E-state index in [2.05, 4.69) is 55.5 Å². The van der Waals surface area contributed by atoms with Crippen LogP contribution in [0.3, 0.4) is 0 Å². The van der Waals surface area contributed by atoms with E-state index in [0.29, 0.717) is 128 Å². The highest BCUT2D eigenvalue weighted by atomic mass is 16.7. The van der Waals surface area contributed by atoms with Gasteiger partial charge in [0.25, 0.3) is 0 Å². The molecule has 14 fully saturated rings. The molecule has 14 rings (SSSR count). The molecule has 7 heterocycles. The quantitative estimate of drug-likeness (QED) is 0.0553. The Kier molecular flexibility index (Phi) is 32.0. The van der Waals surface area contributed by atoms with Gasteiger partial charge in [0, 0.05) is 86.0 Å². The fourth-order valence-corrected chi connectivity index (χ4v) is 18.2. The van der Waals surface area contributed by atoms with E-state index in [1.165, 1.54) is 13.8 Å². The van der Waals surface area contributed by atoms with Gasteiger partial charge in [0.05, 0.1) is 41.4 Å². The molecule has 14 aliphatic rings. The topological polar surface area (TPSA) is 473 Å². The summed E-state index contributed by atoms with van der Waals surface area (Å²) in [6.45, 7) is 46.0. The maximum Gasteiger partial charge on any atom is 0.344 e. The maximum atomic E-state index is 11.9. The maximum absolute atomic E-state index is 11.9. The number of rotatable bonds is 22. The van der Waals surface area contributed by atoms with Crippen molar-refractivity contribution >= 4 is 107 Å². The Morgan fingerprint density at radius 2 is 0.609 bits per heavy atom. The molecule has 36 nitrogen and oxygen atoms in total. The van der Waals surface area contributed by atoms with Gasteiger partial charge in [0.2, 0.25) is 0 Å². The molecule has 7 saturated heterocycles. The average Bonchev–Trinajstić information content (AvgIpc) is 1.59. The van der Waals surface area contributed by atoms with Crippen LogP contribution < -0.4 is 0 Å². The molecule has 128 heavy (non-hydrogen) atoms. The zero-order valence-electron chi connectivity index (χ0n) is 75.4. The summed E-state index contributed by atoms with van der Waals surface area (Å²) >= 11 is 0. The van der Waals surface area contributed by atoms with Gasteiger partial charge in [-0.15, -0.1) is 0 Å². The first-order valence-electron chi connectivity index (χ1n) is 42.7. The number of carbonyl (C=O) groups is 18. The summed E-state index contributed by atoms with van der Waals surface area (Å²) in [6, 6.07) is 0. The summed E-state index contributed by atoms with van der Waals surface area (Å²) in [5.41, 5.74) is -7.80. The van der Waals surface area contributed by atoms with Gasteiger partial charge in [0.1, 0.15) is 79.9 Å². The van der Waals surface area contributed by atoms with Crippen molar-refractivity contribution in [3.8, 4) is 0 Å². The van der Waals surface area contributed by atoms with E-state index in [1.54, 1.807) is 48.5 Å². The molecule has 14 bridgehead atoms. The molecule has 21 unspecified atom stereocenters. The van der Waals surface area contributed by atoms with Gasteiger partial charge in [-0.2, -0.15) is 0 Å². The van der Waals surface area contributed by atoms with Crippen LogP contribution in [0, 0.1) is 41.4 Å². The minimum atomic E-state index is -0.900. The minimum absolute atomic E-state index is 0.00585. The summed E-state index contributed by atoms with van der Waals surface area (Å²) in [4.78, 5) is 206. The van der Waals surface area contributed by atoms with Gasteiger partial charge in [-0.25, -0.2) is 52.7 Å². The first kappa shape index (κ1) is 102. The number of carbonyl (C=O) groups excluding carboxylic acids is 18. The van der Waals surface area contributed by atoms with Crippen LogP contribution in [0.5, 0.6) is 0 Å². The molecule has 0 aromatic rings. The molecule has 0 N–H and O–H groups in total. The molecule has 0 spiro atoms. The van der Waals surface area contributed by atoms with Crippen molar-refractivity contribution in [2.24, 2.45) is 41.4 Å². The number of hydrogen-bond acceptors (Lipinski definition) is 36. The fourth-order valence-electron chi connectivity index (χ4n) is 18.2. The Morgan fingerprint density at radius 1 is 0.320 bits per heavy atom. The second kappa shape index (κ2) is 40.1. The summed E-state index contributed by atoms with van der Waals surface area (Å²) in [5.74, 6) is -8.43. The van der Waals surface area contributed by atoms with Gasteiger partial charge >= 0.3 is 107 Å². The third kappa shape index (κ3) is 23.4. The lowest BCUT2D eigenvalue weighted by Gasteiger charge is -2.43. The van der Waals surface area contributed by atoms with Crippen LogP contribution in [0.4, 0.5) is 0 Å². The van der Waals surface area contributed by atoms with E-state index in [1.807, 2.05) is 34.6 Å². The Hall–Kier alpha value is -11.4. The molecule has 0 aromatic heterocycles.